The second kappa shape index (κ2) is 65.6. The number of esters is 2. The molecule has 7 rings (SSSR count). The fraction of sp³-hybridized carbons (Fsp3) is 0.652. The summed E-state index contributed by atoms with van der Waals surface area (Å²) in [6.45, 7) is 5.37. The molecule has 0 aromatic heterocycles. The van der Waals surface area contributed by atoms with E-state index in [1.54, 1.807) is 36.0 Å². The quantitative estimate of drug-likeness (QED) is 0.0115. The molecule has 3 aromatic rings. The van der Waals surface area contributed by atoms with Crippen LogP contribution in [0.15, 0.2) is 91.0 Å². The number of carboxylic acid groups (broad SMARTS) is 2. The van der Waals surface area contributed by atoms with Gasteiger partial charge in [0.05, 0.1) is 0 Å². The second-order valence-electron chi connectivity index (χ2n) is 22.4. The van der Waals surface area contributed by atoms with Gasteiger partial charge in [0.25, 0.3) is 0 Å². The predicted octanol–water partition coefficient (Wildman–Crippen LogP) is 12.4. The summed E-state index contributed by atoms with van der Waals surface area (Å²) in [5.74, 6) is -2.13. The number of carbonyl (C=O) groups excluding carboxylic acids is 2. The van der Waals surface area contributed by atoms with Crippen molar-refractivity contribution in [3.8, 4) is 0 Å². The maximum absolute atomic E-state index is 12.7. The van der Waals surface area contributed by atoms with Crippen LogP contribution in [0.25, 0.3) is 0 Å². The van der Waals surface area contributed by atoms with Gasteiger partial charge in [-0.3, -0.25) is 19.2 Å². The number of aliphatic carboxylic acids is 2. The minimum atomic E-state index is -0.930. The van der Waals surface area contributed by atoms with Gasteiger partial charge < -0.3 is 51.7 Å². The largest absolute Gasteiger partial charge is 1.00 e. The second-order valence-corrected chi connectivity index (χ2v) is 23.0. The Morgan fingerprint density at radius 1 is 0.532 bits per heavy atom. The minimum Gasteiger partial charge on any atom is -0.480 e. The van der Waals surface area contributed by atoms with E-state index in [2.05, 4.69) is 53.9 Å². The molecule has 0 unspecified atom stereocenters. The van der Waals surface area contributed by atoms with Crippen molar-refractivity contribution in [2.75, 3.05) is 0 Å². The molecule has 18 nitrogen and oxygen atoms in total. The molecule has 3 aromatic carbocycles. The van der Waals surface area contributed by atoms with Gasteiger partial charge in [-0.05, 0) is 81.7 Å². The van der Waals surface area contributed by atoms with Crippen molar-refractivity contribution in [3.63, 3.8) is 0 Å². The van der Waals surface area contributed by atoms with Gasteiger partial charge in [-0.2, -0.15) is 22.4 Å². The van der Waals surface area contributed by atoms with E-state index in [0.29, 0.717) is 32.3 Å². The number of halogens is 4. The molecule has 0 spiro atoms. The van der Waals surface area contributed by atoms with Crippen molar-refractivity contribution in [1.29, 1.82) is 0 Å². The monoisotopic (exact) mass is 1550 g/mol. The Kier molecular flexibility index (Phi) is 75.3. The van der Waals surface area contributed by atoms with Gasteiger partial charge in [0.1, 0.15) is 35.4 Å². The molecule has 4 saturated carbocycles. The Morgan fingerprint density at radius 2 is 0.819 bits per heavy atom. The SMILES string of the molecule is BrCc1ccccc1.C.C.C.C.C.CB(O)NC1(C(=O)O)CCCCCCC1.CB(O)NC1(C(=O)OCc2ccccc2)CCCCCCC1.C[B]OO[C-](O)B=O.Cl.Cl.NC1(C(=O)O)CCCCCCC1.NC1(C(=O)OCc2ccccc2)CCCCCCC1.[B]I.[Na+]. The number of carbonyl (C=O) groups is 4. The van der Waals surface area contributed by atoms with Crippen LogP contribution < -0.4 is 51.5 Å². The number of carboxylic acids is 2. The molecule has 3 radical (unpaired) electrons. The molecule has 4 fully saturated rings. The first-order valence-electron chi connectivity index (χ1n) is 30.6. The van der Waals surface area contributed by atoms with Gasteiger partial charge in [0, 0.05) is 5.33 Å². The van der Waals surface area contributed by atoms with Crippen LogP contribution in [0.3, 0.4) is 0 Å². The Morgan fingerprint density at radius 3 is 1.11 bits per heavy atom. The van der Waals surface area contributed by atoms with E-state index < -0.39 is 54.4 Å². The zero-order chi connectivity index (χ0) is 64.0. The number of benzene rings is 3. The molecular formula is C66H119B5BrCl2IN4NaO14. The molecule has 0 bridgehead atoms. The molecule has 0 heterocycles. The fourth-order valence-corrected chi connectivity index (χ4v) is 10.9. The normalized spacial score (nSPS) is 16.1. The summed E-state index contributed by atoms with van der Waals surface area (Å²) in [7, 11) is -0.173. The Bertz CT molecular complexity index is 2240. The van der Waals surface area contributed by atoms with Gasteiger partial charge >= 0.3 is 115 Å². The van der Waals surface area contributed by atoms with Crippen LogP contribution in [0.2, 0.25) is 20.5 Å². The molecule has 11 N–H and O–H groups in total. The standard InChI is InChI=1S/C17H26BNO3.C16H23NO2.C10H20BNO3.C9H17NO2.C7H7Br.C2H4B2O4.5CH4.BI.2ClH.Na/c1-18(21)19-17(12-8-3-2-4-9-13-17)16(20)22-14-15-10-6-5-7-11-15;17-16(11-7-2-1-3-8-12-16)15(18)19-13-14-9-5-4-6-10-14;1-11(15)12-10(9(13)14)7-5-3-2-4-6-8-10;10-9(8(11)12)6-4-2-1-3-5-7-9;8-6-7-4-2-1-3-5-7;1-3-8-7-2(5)4-6;;;;;;1-2;;;/h5-7,10-11,19,21H,2-4,8-9,12-14H2,1H3;4-6,9-10H,1-3,7-8,11-13,17H2;12,15H,2-8H2,1H3,(H,13,14);1-7,10H2,(H,11,12);1-5H,6H2;5H,1H3;5*1H4;;2*1H;/q;;;;;-1;;;;;;;;;+1. The van der Waals surface area contributed by atoms with Crippen LogP contribution in [0, 0.1) is 6.19 Å². The summed E-state index contributed by atoms with van der Waals surface area (Å²) in [6.07, 6.45) is 26.5. The van der Waals surface area contributed by atoms with Crippen molar-refractivity contribution in [2.24, 2.45) is 11.5 Å². The molecule has 4 aliphatic rings. The summed E-state index contributed by atoms with van der Waals surface area (Å²) in [5.41, 5.74) is 16.5. The maximum Gasteiger partial charge on any atom is 1.00 e. The summed E-state index contributed by atoms with van der Waals surface area (Å²) in [4.78, 5) is 55.0. The van der Waals surface area contributed by atoms with E-state index in [-0.39, 0.29) is 117 Å². The van der Waals surface area contributed by atoms with Gasteiger partial charge in [0.15, 0.2) is 5.70 Å². The number of alkyl halides is 1. The Labute approximate surface area is 628 Å². The average Bonchev–Trinajstić information content (AvgIpc) is 0.853. The molecule has 0 atom stereocenters. The van der Waals surface area contributed by atoms with Gasteiger partial charge in [-0.15, -0.1) is 24.8 Å². The van der Waals surface area contributed by atoms with Crippen LogP contribution in [0.5, 0.6) is 0 Å². The first kappa shape index (κ1) is 108. The number of hydrogen-bond donors (Lipinski definition) is 9. The molecule has 0 aliphatic heterocycles. The van der Waals surface area contributed by atoms with E-state index in [9.17, 15) is 39.0 Å². The molecule has 531 valence electrons. The molecule has 0 amide bonds. The van der Waals surface area contributed by atoms with E-state index in [1.807, 2.05) is 78.9 Å². The number of aliphatic hydroxyl groups is 1. The fourth-order valence-electron chi connectivity index (χ4n) is 10.5. The molecule has 0 saturated heterocycles. The number of rotatable bonds is 17. The maximum atomic E-state index is 12.7. The third-order valence-corrected chi connectivity index (χ3v) is 15.9. The van der Waals surface area contributed by atoms with Crippen LogP contribution in [-0.4, -0.2) is 106 Å². The number of hydrogen-bond acceptors (Lipinski definition) is 16. The summed E-state index contributed by atoms with van der Waals surface area (Å²) in [6, 6.07) is 29.7. The average molecular weight is 1550 g/mol. The van der Waals surface area contributed by atoms with E-state index in [1.165, 1.54) is 58.4 Å². The number of nitrogens with one attached hydrogen (secondary N) is 2. The number of nitrogens with two attached hydrogens (primary N) is 2. The van der Waals surface area contributed by atoms with Crippen molar-refractivity contribution in [3.05, 3.63) is 114 Å². The van der Waals surface area contributed by atoms with Crippen LogP contribution in [-0.2, 0) is 61.6 Å². The van der Waals surface area contributed by atoms with Crippen molar-refractivity contribution in [1.82, 2.24) is 10.5 Å². The third kappa shape index (κ3) is 47.9. The Balaban J connectivity index is -0.000000159. The van der Waals surface area contributed by atoms with E-state index in [4.69, 9.17) is 31.2 Å². The molecule has 28 heteroatoms. The van der Waals surface area contributed by atoms with E-state index >= 15 is 0 Å². The summed E-state index contributed by atoms with van der Waals surface area (Å²) >= 11 is 5.01. The zero-order valence-electron chi connectivity index (χ0n) is 53.1. The third-order valence-electron chi connectivity index (χ3n) is 15.3. The molecule has 94 heavy (non-hydrogen) atoms. The number of ether oxygens (including phenoxy) is 2. The van der Waals surface area contributed by atoms with Crippen LogP contribution in [0.1, 0.15) is 234 Å². The van der Waals surface area contributed by atoms with Gasteiger partial charge in [0.2, 0.25) is 0 Å². The van der Waals surface area contributed by atoms with Gasteiger partial charge in [-0.25, -0.2) is 0 Å². The van der Waals surface area contributed by atoms with Crippen molar-refractivity contribution >= 4 is 121 Å². The number of aliphatic hydroxyl groups excluding tert-OH is 1. The van der Waals surface area contributed by atoms with Crippen LogP contribution >= 0.6 is 63.1 Å². The van der Waals surface area contributed by atoms with Crippen molar-refractivity contribution < 1.29 is 98.0 Å². The minimum absolute atomic E-state index is 0. The zero-order valence-corrected chi connectivity index (χ0v) is 60.5. The topological polar surface area (TPSA) is 300 Å². The van der Waals surface area contributed by atoms with E-state index in [0.717, 1.165) is 132 Å². The summed E-state index contributed by atoms with van der Waals surface area (Å²) < 4.78 is 20.5. The predicted molar refractivity (Wildman–Crippen MR) is 403 cm³/mol. The first-order chi connectivity index (χ1) is 41.3. The summed E-state index contributed by atoms with van der Waals surface area (Å²) in [5, 5.41) is 52.2. The first-order valence-corrected chi connectivity index (χ1v) is 33.0. The molecule has 4 aliphatic carbocycles. The molecular weight excluding hydrogens is 1430 g/mol. The van der Waals surface area contributed by atoms with Crippen molar-refractivity contribution in [2.45, 2.75) is 278 Å². The van der Waals surface area contributed by atoms with Gasteiger partial charge in [-0.1, -0.05) is 272 Å². The Hall–Kier alpha value is -2.04. The smallest absolute Gasteiger partial charge is 0.480 e. The van der Waals surface area contributed by atoms with Crippen LogP contribution in [0.4, 0.5) is 0 Å².